The second-order valence-corrected chi connectivity index (χ2v) is 25.7. The predicted molar refractivity (Wildman–Crippen MR) is 379 cm³/mol. The largest absolute Gasteiger partial charge is 0.394 e. The van der Waals surface area contributed by atoms with Crippen LogP contribution < -0.4 is 99.5 Å². The summed E-state index contributed by atoms with van der Waals surface area (Å²) in [6.07, 6.45) is 15.9. The maximum atomic E-state index is 14.4. The average molecular weight is 1390 g/mol. The number of carbonyl (C=O) groups is 10. The molecule has 0 aliphatic carbocycles. The van der Waals surface area contributed by atoms with Crippen LogP contribution in [0.5, 0.6) is 0 Å². The Morgan fingerprint density at radius 3 is 0.929 bits per heavy atom. The van der Waals surface area contributed by atoms with Crippen molar-refractivity contribution in [3.8, 4) is 0 Å². The van der Waals surface area contributed by atoms with Crippen LogP contribution in [-0.4, -0.2) is 187 Å². The number of hydrogen-bond donors (Lipinski definition) is 20. The van der Waals surface area contributed by atoms with Gasteiger partial charge in [-0.1, -0.05) is 132 Å². The van der Waals surface area contributed by atoms with E-state index in [1.54, 1.807) is 27.7 Å². The molecule has 0 rings (SSSR count). The molecule has 0 saturated heterocycles. The molecule has 562 valence electrons. The maximum Gasteiger partial charge on any atom is 0.245 e. The lowest BCUT2D eigenvalue weighted by Crippen LogP contribution is -2.62. The highest BCUT2D eigenvalue weighted by atomic mass is 16.3. The molecule has 0 aromatic rings. The topological polar surface area (TPSA) is 603 Å². The molecule has 29 N–H and O–H groups in total. The zero-order valence-electron chi connectivity index (χ0n) is 59.3. The number of nitrogens with zero attached hydrogens (tertiary/aromatic N) is 4. The smallest absolute Gasteiger partial charge is 0.245 e. The summed E-state index contributed by atoms with van der Waals surface area (Å²) >= 11 is 0. The molecule has 10 amide bonds. The van der Waals surface area contributed by atoms with Crippen molar-refractivity contribution in [2.75, 3.05) is 39.4 Å². The number of rotatable bonds is 56. The zero-order chi connectivity index (χ0) is 74.1. The lowest BCUT2D eigenvalue weighted by Gasteiger charge is -2.29. The third kappa shape index (κ3) is 42.4. The minimum Gasteiger partial charge on any atom is -0.394 e. The Hall–Kier alpha value is -8.30. The zero-order valence-corrected chi connectivity index (χ0v) is 59.3. The van der Waals surface area contributed by atoms with Gasteiger partial charge in [0.2, 0.25) is 59.1 Å². The van der Waals surface area contributed by atoms with Crippen LogP contribution in [-0.2, 0) is 47.9 Å². The fraction of sp³-hybridized carbons (Fsp3) is 0.781. The maximum absolute atomic E-state index is 14.4. The second kappa shape index (κ2) is 52.8. The van der Waals surface area contributed by atoms with Gasteiger partial charge in [0.25, 0.3) is 0 Å². The molecule has 0 aliphatic rings. The average Bonchev–Trinajstić information content (AvgIpc) is 0.924. The Balaban J connectivity index is 6.69. The Labute approximate surface area is 579 Å². The molecule has 0 bridgehead atoms. The number of aliphatic hydroxyl groups excluding tert-OH is 2. The van der Waals surface area contributed by atoms with E-state index in [0.29, 0.717) is 12.8 Å². The predicted octanol–water partition coefficient (Wildman–Crippen LogP) is -2.35. The van der Waals surface area contributed by atoms with E-state index in [1.807, 2.05) is 13.8 Å². The lowest BCUT2D eigenvalue weighted by molar-refractivity contribution is -0.137. The van der Waals surface area contributed by atoms with Crippen LogP contribution >= 0.6 is 0 Å². The van der Waals surface area contributed by atoms with Crippen molar-refractivity contribution in [2.24, 2.45) is 89.3 Å². The van der Waals surface area contributed by atoms with Crippen LogP contribution in [0.2, 0.25) is 0 Å². The molecule has 0 saturated carbocycles. The van der Waals surface area contributed by atoms with Crippen LogP contribution in [0.3, 0.4) is 0 Å². The first-order valence-electron chi connectivity index (χ1n) is 34.9. The van der Waals surface area contributed by atoms with Crippen molar-refractivity contribution >= 4 is 82.9 Å². The molecule has 0 aromatic carbocycles. The molecule has 0 radical (unpaired) electrons. The van der Waals surface area contributed by atoms with E-state index >= 15 is 0 Å². The number of carbonyl (C=O) groups excluding carboxylic acids is 10. The number of hydrogen-bond acceptors (Lipinski definition) is 16. The molecule has 0 heterocycles. The number of aliphatic hydroxyl groups is 2. The Morgan fingerprint density at radius 1 is 0.327 bits per heavy atom. The molecule has 0 spiro atoms. The van der Waals surface area contributed by atoms with Gasteiger partial charge in [-0.2, -0.15) is 0 Å². The SMILES string of the molecule is CCCCCCCCCCCCCCCC(=O)N[C@@H](CCCN=C(N)N)C(=O)N[C@@H](CC(C)C)C(=O)N[C@@H](CCCN=C(N)N)C(=O)N[C@@H](CO)C(=O)N[C@H](C(=O)N[C@@H](CCCN=C(N)N)C(=O)N[C@@H](CO)C(=O)N[C@@H](CC(C)C)C(=O)N[C@@H](CCCN=C(N)N)C(N)=O)[C@@H](C)CC. The van der Waals surface area contributed by atoms with E-state index in [2.05, 4.69) is 74.7 Å². The van der Waals surface area contributed by atoms with Crippen LogP contribution in [0.4, 0.5) is 0 Å². The van der Waals surface area contributed by atoms with E-state index in [4.69, 9.17) is 51.6 Å². The van der Waals surface area contributed by atoms with Crippen molar-refractivity contribution in [1.82, 2.24) is 47.9 Å². The lowest BCUT2D eigenvalue weighted by atomic mass is 9.97. The van der Waals surface area contributed by atoms with Crippen molar-refractivity contribution in [1.29, 1.82) is 0 Å². The second-order valence-electron chi connectivity index (χ2n) is 25.7. The summed E-state index contributed by atoms with van der Waals surface area (Å²) in [5.41, 5.74) is 49.6. The fourth-order valence-electron chi connectivity index (χ4n) is 10.3. The van der Waals surface area contributed by atoms with E-state index in [0.717, 1.165) is 25.7 Å². The number of nitrogens with one attached hydrogen (secondary N) is 9. The summed E-state index contributed by atoms with van der Waals surface area (Å²) in [5, 5.41) is 44.4. The molecular formula is C64H124N22O12. The molecule has 0 fully saturated rings. The Bertz CT molecular complexity index is 2520. The number of primary amides is 1. The summed E-state index contributed by atoms with van der Waals surface area (Å²) in [6.45, 7) is 11.0. The van der Waals surface area contributed by atoms with Crippen molar-refractivity contribution < 1.29 is 58.2 Å². The highest BCUT2D eigenvalue weighted by Crippen LogP contribution is 2.16. The van der Waals surface area contributed by atoms with Crippen LogP contribution in [0.15, 0.2) is 20.0 Å². The molecule has 0 aliphatic heterocycles. The van der Waals surface area contributed by atoms with Gasteiger partial charge in [0.05, 0.1) is 13.2 Å². The summed E-state index contributed by atoms with van der Waals surface area (Å²) in [6, 6.07) is -12.7. The van der Waals surface area contributed by atoms with E-state index in [1.165, 1.54) is 51.4 Å². The van der Waals surface area contributed by atoms with Gasteiger partial charge in [-0.3, -0.25) is 67.9 Å². The first kappa shape index (κ1) is 89.7. The molecular weight excluding hydrogens is 1270 g/mol. The third-order valence-electron chi connectivity index (χ3n) is 16.0. The number of amides is 10. The number of nitrogens with two attached hydrogens (primary N) is 9. The molecule has 34 nitrogen and oxygen atoms in total. The normalized spacial score (nSPS) is 14.2. The summed E-state index contributed by atoms with van der Waals surface area (Å²) < 4.78 is 0. The highest BCUT2D eigenvalue weighted by Gasteiger charge is 2.37. The van der Waals surface area contributed by atoms with Crippen molar-refractivity contribution in [3.05, 3.63) is 0 Å². The molecule has 10 atom stereocenters. The molecule has 0 unspecified atom stereocenters. The minimum absolute atomic E-state index is 0.00801. The monoisotopic (exact) mass is 1390 g/mol. The fourth-order valence-corrected chi connectivity index (χ4v) is 10.3. The van der Waals surface area contributed by atoms with Crippen molar-refractivity contribution in [3.63, 3.8) is 0 Å². The van der Waals surface area contributed by atoms with Gasteiger partial charge in [-0.15, -0.1) is 0 Å². The first-order chi connectivity index (χ1) is 46.4. The number of guanidine groups is 4. The third-order valence-corrected chi connectivity index (χ3v) is 16.0. The van der Waals surface area contributed by atoms with Crippen molar-refractivity contribution in [2.45, 2.75) is 263 Å². The quantitative estimate of drug-likeness (QED) is 0.0172. The van der Waals surface area contributed by atoms with Gasteiger partial charge in [-0.05, 0) is 88.4 Å². The van der Waals surface area contributed by atoms with Gasteiger partial charge in [0.15, 0.2) is 23.8 Å². The molecule has 98 heavy (non-hydrogen) atoms. The van der Waals surface area contributed by atoms with Gasteiger partial charge in [0.1, 0.15) is 54.4 Å². The Kier molecular flexibility index (Phi) is 48.3. The van der Waals surface area contributed by atoms with Gasteiger partial charge in [0, 0.05) is 32.6 Å². The minimum atomic E-state index is -1.75. The van der Waals surface area contributed by atoms with E-state index in [-0.39, 0.29) is 138 Å². The van der Waals surface area contributed by atoms with E-state index < -0.39 is 127 Å². The standard InChI is InChI=1S/C64H124N22O12/c1-8-10-11-12-13-14-15-16-17-18-19-20-21-30-50(89)78-43(27-23-32-75-62(68)69)53(91)82-47(36-40(5)6)57(95)80-44(28-24-33-76-63(70)71)54(92)85-49(38-88)59(97)86-51(41(7)9-2)60(98)81-45(29-25-34-77-64(72)73)55(93)84-48(37-87)58(96)83-46(35-39(3)4)56(94)79-42(52(65)90)26-22-31-74-61(66)67/h39-49,51,87-88H,8-38H2,1-7H3,(H2,65,90)(H,78,89)(H,79,94)(H,80,95)(H,81,98)(H,82,91)(H,83,96)(H,84,93)(H,85,92)(H,86,97)(H4,66,67,74)(H4,68,69,75)(H4,70,71,76)(H4,72,73,77)/t41-,42-,43-,44-,45-,46-,47-,48-,49-,51-/m0/s1. The molecule has 0 aromatic heterocycles. The van der Waals surface area contributed by atoms with Crippen LogP contribution in [0.1, 0.15) is 209 Å². The molecule has 34 heteroatoms. The Morgan fingerprint density at radius 2 is 0.602 bits per heavy atom. The highest BCUT2D eigenvalue weighted by molar-refractivity contribution is 5.98. The summed E-state index contributed by atoms with van der Waals surface area (Å²) in [7, 11) is 0. The number of aliphatic imine (C=N–C) groups is 4. The van der Waals surface area contributed by atoms with Gasteiger partial charge >= 0.3 is 0 Å². The number of unbranched alkanes of at least 4 members (excludes halogenated alkanes) is 12. The first-order valence-corrected chi connectivity index (χ1v) is 34.9. The van der Waals surface area contributed by atoms with E-state index in [9.17, 15) is 58.2 Å². The van der Waals surface area contributed by atoms with Gasteiger partial charge in [-0.25, -0.2) is 0 Å². The van der Waals surface area contributed by atoms with Crippen LogP contribution in [0.25, 0.3) is 0 Å². The summed E-state index contributed by atoms with van der Waals surface area (Å²) in [5.74, 6) is -10.3. The summed E-state index contributed by atoms with van der Waals surface area (Å²) in [4.78, 5) is 154. The van der Waals surface area contributed by atoms with Crippen LogP contribution in [0, 0.1) is 17.8 Å². The van der Waals surface area contributed by atoms with Gasteiger partial charge < -0.3 is 110 Å².